The highest BCUT2D eigenvalue weighted by Crippen LogP contribution is 2.29. The van der Waals surface area contributed by atoms with Gasteiger partial charge in [-0.1, -0.05) is 36.4 Å². The van der Waals surface area contributed by atoms with E-state index < -0.39 is 6.10 Å². The molecule has 2 atom stereocenters. The number of ether oxygens (including phenoxy) is 1. The highest BCUT2D eigenvalue weighted by atomic mass is 16.5. The van der Waals surface area contributed by atoms with Crippen LogP contribution < -0.4 is 10.1 Å². The maximum absolute atomic E-state index is 12.5. The van der Waals surface area contributed by atoms with E-state index in [2.05, 4.69) is 23.5 Å². The van der Waals surface area contributed by atoms with Crippen molar-refractivity contribution in [1.82, 2.24) is 5.32 Å². The van der Waals surface area contributed by atoms with Crippen LogP contribution in [-0.2, 0) is 11.2 Å². The number of fused-ring (bicyclic) bond motifs is 1. The second kappa shape index (κ2) is 7.18. The van der Waals surface area contributed by atoms with Crippen molar-refractivity contribution in [3.05, 3.63) is 65.2 Å². The number of rotatable bonds is 4. The van der Waals surface area contributed by atoms with Gasteiger partial charge in [0, 0.05) is 0 Å². The molecular weight excluding hydrogens is 300 g/mol. The highest BCUT2D eigenvalue weighted by molar-refractivity contribution is 5.81. The van der Waals surface area contributed by atoms with E-state index in [0.717, 1.165) is 19.3 Å². The topological polar surface area (TPSA) is 62.1 Å². The van der Waals surface area contributed by atoms with E-state index in [-0.39, 0.29) is 11.9 Å². The van der Waals surface area contributed by atoms with Gasteiger partial charge in [-0.05, 0) is 49.4 Å². The molecule has 1 amide bonds. The van der Waals surface area contributed by atoms with Crippen molar-refractivity contribution in [1.29, 1.82) is 5.26 Å². The van der Waals surface area contributed by atoms with Crippen molar-refractivity contribution in [2.75, 3.05) is 0 Å². The number of hydrogen-bond donors (Lipinski definition) is 1. The van der Waals surface area contributed by atoms with Crippen molar-refractivity contribution in [2.24, 2.45) is 0 Å². The Morgan fingerprint density at radius 3 is 2.83 bits per heavy atom. The first kappa shape index (κ1) is 16.1. The Morgan fingerprint density at radius 2 is 2.00 bits per heavy atom. The number of para-hydroxylation sites is 1. The summed E-state index contributed by atoms with van der Waals surface area (Å²) in [5, 5.41) is 12.2. The van der Waals surface area contributed by atoms with Gasteiger partial charge in [-0.3, -0.25) is 4.79 Å². The van der Waals surface area contributed by atoms with Crippen LogP contribution in [0.3, 0.4) is 0 Å². The molecule has 2 aromatic rings. The average molecular weight is 320 g/mol. The van der Waals surface area contributed by atoms with Gasteiger partial charge in [0.25, 0.3) is 5.91 Å². The summed E-state index contributed by atoms with van der Waals surface area (Å²) < 4.78 is 5.69. The number of aryl methyl sites for hydroxylation is 1. The molecule has 0 bridgehead atoms. The van der Waals surface area contributed by atoms with E-state index in [4.69, 9.17) is 10.00 Å². The van der Waals surface area contributed by atoms with Crippen LogP contribution in [0.4, 0.5) is 0 Å². The second-order valence-electron chi connectivity index (χ2n) is 6.02. The summed E-state index contributed by atoms with van der Waals surface area (Å²) >= 11 is 0. The number of carbonyl (C=O) groups is 1. The van der Waals surface area contributed by atoms with Crippen LogP contribution in [0.25, 0.3) is 0 Å². The summed E-state index contributed by atoms with van der Waals surface area (Å²) in [6, 6.07) is 17.3. The zero-order chi connectivity index (χ0) is 16.9. The molecule has 1 N–H and O–H groups in total. The summed E-state index contributed by atoms with van der Waals surface area (Å²) in [6.45, 7) is 1.71. The van der Waals surface area contributed by atoms with Crippen LogP contribution in [0.1, 0.15) is 42.5 Å². The molecular formula is C20H20N2O2. The van der Waals surface area contributed by atoms with Crippen molar-refractivity contribution >= 4 is 5.91 Å². The Morgan fingerprint density at radius 1 is 1.25 bits per heavy atom. The van der Waals surface area contributed by atoms with Crippen molar-refractivity contribution < 1.29 is 9.53 Å². The average Bonchev–Trinajstić information content (AvgIpc) is 2.62. The standard InChI is InChI=1S/C20H20N2O2/c1-14(24-19-12-5-3-8-16(19)13-21)20(23)22-18-11-6-9-15-7-2-4-10-17(15)18/h2-5,7-8,10,12,14,18H,6,9,11H2,1H3,(H,22,23)/t14-,18+/m1/s1. The van der Waals surface area contributed by atoms with E-state index in [9.17, 15) is 4.79 Å². The SMILES string of the molecule is C[C@@H](Oc1ccccc1C#N)C(=O)N[C@H]1CCCc2ccccc21. The lowest BCUT2D eigenvalue weighted by molar-refractivity contribution is -0.128. The van der Waals surface area contributed by atoms with Gasteiger partial charge >= 0.3 is 0 Å². The van der Waals surface area contributed by atoms with Crippen LogP contribution in [0.2, 0.25) is 0 Å². The normalized spacial score (nSPS) is 17.2. The third kappa shape index (κ3) is 3.41. The Labute approximate surface area is 142 Å². The number of carbonyl (C=O) groups excluding carboxylic acids is 1. The fourth-order valence-electron chi connectivity index (χ4n) is 3.10. The fraction of sp³-hybridized carbons (Fsp3) is 0.300. The summed E-state index contributed by atoms with van der Waals surface area (Å²) in [6.07, 6.45) is 2.40. The number of benzene rings is 2. The first-order valence-corrected chi connectivity index (χ1v) is 8.23. The van der Waals surface area contributed by atoms with Crippen molar-refractivity contribution in [3.63, 3.8) is 0 Å². The molecule has 0 aliphatic heterocycles. The van der Waals surface area contributed by atoms with Gasteiger partial charge in [-0.25, -0.2) is 0 Å². The van der Waals surface area contributed by atoms with E-state index in [1.54, 1.807) is 31.2 Å². The lowest BCUT2D eigenvalue weighted by Gasteiger charge is -2.27. The third-order valence-corrected chi connectivity index (χ3v) is 4.37. The quantitative estimate of drug-likeness (QED) is 0.937. The highest BCUT2D eigenvalue weighted by Gasteiger charge is 2.24. The second-order valence-corrected chi connectivity index (χ2v) is 6.02. The number of nitrogens with zero attached hydrogens (tertiary/aromatic N) is 1. The maximum Gasteiger partial charge on any atom is 0.261 e. The molecule has 0 heterocycles. The van der Waals surface area contributed by atoms with Gasteiger partial charge in [-0.2, -0.15) is 5.26 Å². The minimum atomic E-state index is -0.659. The molecule has 1 aliphatic carbocycles. The van der Waals surface area contributed by atoms with Gasteiger partial charge in [-0.15, -0.1) is 0 Å². The number of nitrogens with one attached hydrogen (secondary N) is 1. The van der Waals surface area contributed by atoms with E-state index in [1.807, 2.05) is 12.1 Å². The molecule has 2 aromatic carbocycles. The molecule has 3 rings (SSSR count). The lowest BCUT2D eigenvalue weighted by Crippen LogP contribution is -2.39. The van der Waals surface area contributed by atoms with Crippen LogP contribution in [-0.4, -0.2) is 12.0 Å². The smallest absolute Gasteiger partial charge is 0.261 e. The summed E-state index contributed by atoms with van der Waals surface area (Å²) in [4.78, 5) is 12.5. The molecule has 1 aliphatic rings. The van der Waals surface area contributed by atoms with Crippen molar-refractivity contribution in [2.45, 2.75) is 38.3 Å². The molecule has 0 radical (unpaired) electrons. The molecule has 0 spiro atoms. The van der Waals surface area contributed by atoms with Crippen LogP contribution in [0.15, 0.2) is 48.5 Å². The van der Waals surface area contributed by atoms with Gasteiger partial charge in [0.05, 0.1) is 11.6 Å². The van der Waals surface area contributed by atoms with Gasteiger partial charge in [0.15, 0.2) is 6.10 Å². The molecule has 0 fully saturated rings. The molecule has 0 saturated heterocycles. The van der Waals surface area contributed by atoms with Crippen LogP contribution in [0.5, 0.6) is 5.75 Å². The predicted octanol–water partition coefficient (Wildman–Crippen LogP) is 3.52. The Hall–Kier alpha value is -2.80. The monoisotopic (exact) mass is 320 g/mol. The zero-order valence-corrected chi connectivity index (χ0v) is 13.7. The Bertz CT molecular complexity index is 779. The van der Waals surface area contributed by atoms with E-state index in [1.165, 1.54) is 11.1 Å². The van der Waals surface area contributed by atoms with Gasteiger partial charge in [0.2, 0.25) is 0 Å². The van der Waals surface area contributed by atoms with E-state index in [0.29, 0.717) is 11.3 Å². The zero-order valence-electron chi connectivity index (χ0n) is 13.7. The predicted molar refractivity (Wildman–Crippen MR) is 91.5 cm³/mol. The Balaban J connectivity index is 1.68. The molecule has 122 valence electrons. The maximum atomic E-state index is 12.5. The minimum Gasteiger partial charge on any atom is -0.480 e. The summed E-state index contributed by atoms with van der Waals surface area (Å²) in [5.41, 5.74) is 2.93. The lowest BCUT2D eigenvalue weighted by atomic mass is 9.87. The number of hydrogen-bond acceptors (Lipinski definition) is 3. The number of amides is 1. The Kier molecular flexibility index (Phi) is 4.81. The fourth-order valence-corrected chi connectivity index (χ4v) is 3.10. The molecule has 4 nitrogen and oxygen atoms in total. The van der Waals surface area contributed by atoms with Crippen LogP contribution in [0, 0.1) is 11.3 Å². The molecule has 24 heavy (non-hydrogen) atoms. The molecule has 4 heteroatoms. The number of nitriles is 1. The van der Waals surface area contributed by atoms with E-state index >= 15 is 0 Å². The largest absolute Gasteiger partial charge is 0.480 e. The van der Waals surface area contributed by atoms with Crippen molar-refractivity contribution in [3.8, 4) is 11.8 Å². The first-order chi connectivity index (χ1) is 11.7. The first-order valence-electron chi connectivity index (χ1n) is 8.23. The minimum absolute atomic E-state index is 0.0275. The van der Waals surface area contributed by atoms with Crippen LogP contribution >= 0.6 is 0 Å². The molecule has 0 saturated carbocycles. The van der Waals surface area contributed by atoms with Gasteiger partial charge in [0.1, 0.15) is 11.8 Å². The molecule has 0 aromatic heterocycles. The third-order valence-electron chi connectivity index (χ3n) is 4.37. The summed E-state index contributed by atoms with van der Waals surface area (Å²) in [7, 11) is 0. The summed E-state index contributed by atoms with van der Waals surface area (Å²) in [5.74, 6) is 0.274. The molecule has 0 unspecified atom stereocenters. The van der Waals surface area contributed by atoms with Gasteiger partial charge < -0.3 is 10.1 Å².